The maximum Gasteiger partial charge on any atom is 0.231 e. The number of phenols is 1. The van der Waals surface area contributed by atoms with E-state index in [2.05, 4.69) is 0 Å². The fourth-order valence-corrected chi connectivity index (χ4v) is 2.39. The van der Waals surface area contributed by atoms with Gasteiger partial charge in [-0.15, -0.1) is 0 Å². The highest BCUT2D eigenvalue weighted by Gasteiger charge is 2.11. The zero-order valence-corrected chi connectivity index (χ0v) is 14.0. The number of ether oxygens (including phenoxy) is 4. The van der Waals surface area contributed by atoms with Crippen molar-refractivity contribution in [2.75, 3.05) is 27.1 Å². The summed E-state index contributed by atoms with van der Waals surface area (Å²) in [6, 6.07) is 11.0. The Labute approximate surface area is 146 Å². The molecule has 1 N–H and O–H groups in total. The molecule has 0 aliphatic carbocycles. The minimum Gasteiger partial charge on any atom is -0.504 e. The van der Waals surface area contributed by atoms with Crippen LogP contribution in [-0.2, 0) is 4.74 Å². The lowest BCUT2D eigenvalue weighted by molar-refractivity contribution is 0.174. The standard InChI is InChI=1S/C20H20O5/c1-22-19-12-15(6-8-17(19)21)4-2-10-23-11-3-5-16-7-9-18-20(13-16)25-14-24-18/h2-9,12-13,21H,10-11,14H2,1H3/b4-2+,5-3+. The number of aromatic hydroxyl groups is 1. The van der Waals surface area contributed by atoms with Gasteiger partial charge in [-0.05, 0) is 35.4 Å². The van der Waals surface area contributed by atoms with Gasteiger partial charge < -0.3 is 24.1 Å². The highest BCUT2D eigenvalue weighted by atomic mass is 16.7. The fraction of sp³-hybridized carbons (Fsp3) is 0.200. The number of fused-ring (bicyclic) bond motifs is 1. The molecule has 0 saturated heterocycles. The Kier molecular flexibility index (Phi) is 5.59. The molecule has 1 aliphatic rings. The molecule has 130 valence electrons. The highest BCUT2D eigenvalue weighted by Crippen LogP contribution is 2.32. The van der Waals surface area contributed by atoms with Crippen molar-refractivity contribution in [1.29, 1.82) is 0 Å². The molecule has 2 aromatic carbocycles. The van der Waals surface area contributed by atoms with Crippen molar-refractivity contribution in [3.63, 3.8) is 0 Å². The zero-order chi connectivity index (χ0) is 17.5. The van der Waals surface area contributed by atoms with E-state index < -0.39 is 0 Å². The van der Waals surface area contributed by atoms with Crippen molar-refractivity contribution in [1.82, 2.24) is 0 Å². The molecule has 1 aliphatic heterocycles. The predicted molar refractivity (Wildman–Crippen MR) is 96.1 cm³/mol. The Hall–Kier alpha value is -2.92. The number of methoxy groups -OCH3 is 1. The Morgan fingerprint density at radius 3 is 2.40 bits per heavy atom. The van der Waals surface area contributed by atoms with Gasteiger partial charge in [-0.3, -0.25) is 0 Å². The van der Waals surface area contributed by atoms with E-state index in [0.717, 1.165) is 22.6 Å². The van der Waals surface area contributed by atoms with Gasteiger partial charge in [0, 0.05) is 0 Å². The van der Waals surface area contributed by atoms with Crippen molar-refractivity contribution in [3.8, 4) is 23.0 Å². The van der Waals surface area contributed by atoms with Gasteiger partial charge in [0.2, 0.25) is 6.79 Å². The minimum absolute atomic E-state index is 0.129. The van der Waals surface area contributed by atoms with Gasteiger partial charge in [-0.2, -0.15) is 0 Å². The summed E-state index contributed by atoms with van der Waals surface area (Å²) in [5, 5.41) is 9.55. The lowest BCUT2D eigenvalue weighted by Gasteiger charge is -2.03. The van der Waals surface area contributed by atoms with E-state index in [4.69, 9.17) is 18.9 Å². The Morgan fingerprint density at radius 2 is 1.64 bits per heavy atom. The van der Waals surface area contributed by atoms with Gasteiger partial charge in [0.05, 0.1) is 20.3 Å². The maximum absolute atomic E-state index is 9.55. The molecule has 0 bridgehead atoms. The number of hydrogen-bond acceptors (Lipinski definition) is 5. The third-order valence-corrected chi connectivity index (χ3v) is 3.65. The van der Waals surface area contributed by atoms with E-state index in [9.17, 15) is 5.11 Å². The molecule has 0 spiro atoms. The van der Waals surface area contributed by atoms with Gasteiger partial charge in [0.15, 0.2) is 23.0 Å². The molecule has 0 amide bonds. The summed E-state index contributed by atoms with van der Waals surface area (Å²) in [5.74, 6) is 2.14. The minimum atomic E-state index is 0.129. The molecule has 5 heteroatoms. The van der Waals surface area contributed by atoms with E-state index in [1.54, 1.807) is 12.1 Å². The third-order valence-electron chi connectivity index (χ3n) is 3.65. The average molecular weight is 340 g/mol. The van der Waals surface area contributed by atoms with Crippen molar-refractivity contribution >= 4 is 12.2 Å². The summed E-state index contributed by atoms with van der Waals surface area (Å²) in [6.45, 7) is 1.29. The summed E-state index contributed by atoms with van der Waals surface area (Å²) in [5.41, 5.74) is 1.98. The number of hydrogen-bond donors (Lipinski definition) is 1. The Bertz CT molecular complexity index is 759. The molecule has 25 heavy (non-hydrogen) atoms. The topological polar surface area (TPSA) is 57.2 Å². The van der Waals surface area contributed by atoms with Crippen LogP contribution in [0.3, 0.4) is 0 Å². The van der Waals surface area contributed by atoms with Crippen molar-refractivity contribution in [2.24, 2.45) is 0 Å². The first-order valence-electron chi connectivity index (χ1n) is 7.94. The summed E-state index contributed by atoms with van der Waals surface area (Å²) in [7, 11) is 1.53. The number of benzene rings is 2. The van der Waals surface area contributed by atoms with Crippen LogP contribution in [0.4, 0.5) is 0 Å². The molecule has 5 nitrogen and oxygen atoms in total. The molecule has 0 aromatic heterocycles. The van der Waals surface area contributed by atoms with Crippen LogP contribution in [0.25, 0.3) is 12.2 Å². The van der Waals surface area contributed by atoms with E-state index >= 15 is 0 Å². The van der Waals surface area contributed by atoms with Gasteiger partial charge in [-0.1, -0.05) is 36.4 Å². The van der Waals surface area contributed by atoms with E-state index in [1.165, 1.54) is 7.11 Å². The van der Waals surface area contributed by atoms with Crippen LogP contribution >= 0.6 is 0 Å². The van der Waals surface area contributed by atoms with Crippen molar-refractivity contribution < 1.29 is 24.1 Å². The first kappa shape index (κ1) is 16.9. The summed E-state index contributed by atoms with van der Waals surface area (Å²) in [4.78, 5) is 0. The van der Waals surface area contributed by atoms with E-state index in [0.29, 0.717) is 19.0 Å². The summed E-state index contributed by atoms with van der Waals surface area (Å²) >= 11 is 0. The fourth-order valence-electron chi connectivity index (χ4n) is 2.39. The molecule has 0 unspecified atom stereocenters. The van der Waals surface area contributed by atoms with E-state index in [1.807, 2.05) is 48.6 Å². The molecule has 2 aromatic rings. The lowest BCUT2D eigenvalue weighted by Crippen LogP contribution is -1.92. The SMILES string of the molecule is COc1cc(/C=C/COC/C=C/c2ccc3c(c2)OCO3)ccc1O. The monoisotopic (exact) mass is 340 g/mol. The zero-order valence-electron chi connectivity index (χ0n) is 14.0. The molecular weight excluding hydrogens is 320 g/mol. The van der Waals surface area contributed by atoms with Gasteiger partial charge in [-0.25, -0.2) is 0 Å². The lowest BCUT2D eigenvalue weighted by atomic mass is 10.2. The first-order valence-corrected chi connectivity index (χ1v) is 7.94. The van der Waals surface area contributed by atoms with Crippen LogP contribution in [0.1, 0.15) is 11.1 Å². The largest absolute Gasteiger partial charge is 0.504 e. The van der Waals surface area contributed by atoms with Crippen LogP contribution in [0.15, 0.2) is 48.6 Å². The molecule has 0 fully saturated rings. The summed E-state index contributed by atoms with van der Waals surface area (Å²) < 4.78 is 21.2. The van der Waals surface area contributed by atoms with Crippen molar-refractivity contribution in [3.05, 3.63) is 59.7 Å². The van der Waals surface area contributed by atoms with Crippen LogP contribution in [0.5, 0.6) is 23.0 Å². The predicted octanol–water partition coefficient (Wildman–Crippen LogP) is 3.87. The van der Waals surface area contributed by atoms with Crippen LogP contribution in [-0.4, -0.2) is 32.2 Å². The third kappa shape index (κ3) is 4.55. The number of rotatable bonds is 7. The molecule has 3 rings (SSSR count). The van der Waals surface area contributed by atoms with Gasteiger partial charge >= 0.3 is 0 Å². The van der Waals surface area contributed by atoms with Crippen LogP contribution in [0.2, 0.25) is 0 Å². The molecule has 1 heterocycles. The second kappa shape index (κ2) is 8.26. The summed E-state index contributed by atoms with van der Waals surface area (Å²) in [6.07, 6.45) is 7.77. The quantitative estimate of drug-likeness (QED) is 0.775. The Balaban J connectivity index is 1.42. The van der Waals surface area contributed by atoms with Crippen LogP contribution < -0.4 is 14.2 Å². The number of phenolic OH excluding ortho intramolecular Hbond substituents is 1. The first-order chi connectivity index (χ1) is 12.3. The van der Waals surface area contributed by atoms with Crippen LogP contribution in [0, 0.1) is 0 Å². The average Bonchev–Trinajstić information content (AvgIpc) is 3.10. The van der Waals surface area contributed by atoms with Gasteiger partial charge in [0.25, 0.3) is 0 Å². The Morgan fingerprint density at radius 1 is 0.960 bits per heavy atom. The smallest absolute Gasteiger partial charge is 0.231 e. The maximum atomic E-state index is 9.55. The van der Waals surface area contributed by atoms with E-state index in [-0.39, 0.29) is 12.5 Å². The van der Waals surface area contributed by atoms with Crippen molar-refractivity contribution in [2.45, 2.75) is 0 Å². The second-order valence-electron chi connectivity index (χ2n) is 5.39. The molecule has 0 saturated carbocycles. The molecule has 0 atom stereocenters. The highest BCUT2D eigenvalue weighted by molar-refractivity contribution is 5.57. The molecule has 0 radical (unpaired) electrons. The second-order valence-corrected chi connectivity index (χ2v) is 5.39. The van der Waals surface area contributed by atoms with Gasteiger partial charge in [0.1, 0.15) is 0 Å². The normalized spacial score (nSPS) is 13.0. The molecular formula is C20H20O5.